The molecule has 0 aliphatic carbocycles. The number of ether oxygens (including phenoxy) is 1. The van der Waals surface area contributed by atoms with Crippen molar-refractivity contribution in [2.45, 2.75) is 26.0 Å². The Morgan fingerprint density at radius 1 is 1.21 bits per heavy atom. The highest BCUT2D eigenvalue weighted by Gasteiger charge is 2.32. The Hall–Kier alpha value is -2.77. The van der Waals surface area contributed by atoms with Gasteiger partial charge in [0, 0.05) is 56.0 Å². The maximum absolute atomic E-state index is 10.4. The van der Waals surface area contributed by atoms with Gasteiger partial charge in [0.15, 0.2) is 5.82 Å². The van der Waals surface area contributed by atoms with Crippen molar-refractivity contribution >= 4 is 0 Å². The summed E-state index contributed by atoms with van der Waals surface area (Å²) in [5.74, 6) is 2.36. The molecule has 146 valence electrons. The van der Waals surface area contributed by atoms with E-state index in [-0.39, 0.29) is 12.0 Å². The lowest BCUT2D eigenvalue weighted by molar-refractivity contribution is 0.137. The number of hydrogen-bond acceptors (Lipinski definition) is 7. The first-order chi connectivity index (χ1) is 13.6. The van der Waals surface area contributed by atoms with Gasteiger partial charge in [-0.15, -0.1) is 0 Å². The van der Waals surface area contributed by atoms with E-state index in [1.54, 1.807) is 7.11 Å². The second-order valence-corrected chi connectivity index (χ2v) is 7.28. The average Bonchev–Trinajstić information content (AvgIpc) is 3.27. The highest BCUT2D eigenvalue weighted by molar-refractivity contribution is 5.63. The van der Waals surface area contributed by atoms with Crippen LogP contribution in [-0.2, 0) is 13.0 Å². The molecule has 3 heterocycles. The van der Waals surface area contributed by atoms with E-state index < -0.39 is 0 Å². The van der Waals surface area contributed by atoms with Crippen molar-refractivity contribution in [3.8, 4) is 17.1 Å². The Labute approximate surface area is 164 Å². The summed E-state index contributed by atoms with van der Waals surface area (Å²) in [6.07, 6.45) is 4.00. The number of aliphatic hydroxyl groups excluding tert-OH is 1. The molecule has 1 N–H and O–H groups in total. The first kappa shape index (κ1) is 18.6. The van der Waals surface area contributed by atoms with Crippen LogP contribution in [0.2, 0.25) is 0 Å². The van der Waals surface area contributed by atoms with Crippen molar-refractivity contribution in [2.75, 3.05) is 20.2 Å². The fraction of sp³-hybridized carbons (Fsp3) is 0.381. The van der Waals surface area contributed by atoms with E-state index in [0.29, 0.717) is 25.3 Å². The molecule has 3 aromatic rings. The van der Waals surface area contributed by atoms with E-state index in [9.17, 15) is 5.11 Å². The van der Waals surface area contributed by atoms with Crippen LogP contribution in [0.4, 0.5) is 0 Å². The molecule has 0 radical (unpaired) electrons. The zero-order valence-corrected chi connectivity index (χ0v) is 16.1. The van der Waals surface area contributed by atoms with Crippen molar-refractivity contribution in [1.82, 2.24) is 20.0 Å². The lowest BCUT2D eigenvalue weighted by Crippen LogP contribution is -2.21. The summed E-state index contributed by atoms with van der Waals surface area (Å²) in [6, 6.07) is 9.64. The summed E-state index contributed by atoms with van der Waals surface area (Å²) in [6.45, 7) is 4.04. The van der Waals surface area contributed by atoms with Crippen molar-refractivity contribution in [3.05, 3.63) is 59.7 Å². The van der Waals surface area contributed by atoms with Gasteiger partial charge in [-0.25, -0.2) is 9.97 Å². The Balaban J connectivity index is 1.39. The number of hydrogen-bond donors (Lipinski definition) is 1. The average molecular weight is 380 g/mol. The van der Waals surface area contributed by atoms with Gasteiger partial charge in [-0.1, -0.05) is 17.3 Å². The van der Waals surface area contributed by atoms with Crippen LogP contribution in [0.15, 0.2) is 47.2 Å². The minimum absolute atomic E-state index is 0.140. The minimum atomic E-state index is -0.376. The Kier molecular flexibility index (Phi) is 5.36. The van der Waals surface area contributed by atoms with E-state index in [2.05, 4.69) is 20.0 Å². The topological polar surface area (TPSA) is 84.5 Å². The van der Waals surface area contributed by atoms with E-state index >= 15 is 0 Å². The molecule has 0 bridgehead atoms. The molecule has 1 saturated heterocycles. The van der Waals surface area contributed by atoms with Crippen LogP contribution >= 0.6 is 0 Å². The minimum Gasteiger partial charge on any atom is -0.496 e. The number of nitrogens with zero attached hydrogens (tertiary/aromatic N) is 4. The highest BCUT2D eigenvalue weighted by atomic mass is 16.5. The lowest BCUT2D eigenvalue weighted by Gasteiger charge is -2.15. The molecule has 7 nitrogen and oxygen atoms in total. The number of benzene rings is 1. The van der Waals surface area contributed by atoms with E-state index in [0.717, 1.165) is 34.9 Å². The lowest BCUT2D eigenvalue weighted by atomic mass is 10.0. The molecule has 0 saturated carbocycles. The van der Waals surface area contributed by atoms with Crippen molar-refractivity contribution < 1.29 is 14.4 Å². The van der Waals surface area contributed by atoms with Crippen molar-refractivity contribution in [3.63, 3.8) is 0 Å². The van der Waals surface area contributed by atoms with E-state index in [4.69, 9.17) is 9.26 Å². The molecule has 0 unspecified atom stereocenters. The molecule has 1 aromatic carbocycles. The molecule has 1 aliphatic heterocycles. The predicted octanol–water partition coefficient (Wildman–Crippen LogP) is 2.48. The number of β-amino-alcohol motifs (C(OH)–C–C–N with tert-alkyl or cyclic N) is 1. The molecule has 2 atom stereocenters. The number of rotatable bonds is 6. The smallest absolute Gasteiger partial charge is 0.162 e. The summed E-state index contributed by atoms with van der Waals surface area (Å²) >= 11 is 0. The van der Waals surface area contributed by atoms with Crippen LogP contribution in [0.25, 0.3) is 11.4 Å². The van der Waals surface area contributed by atoms with Crippen LogP contribution in [0, 0.1) is 12.8 Å². The summed E-state index contributed by atoms with van der Waals surface area (Å²) in [7, 11) is 1.64. The number of aliphatic hydroxyl groups is 1. The van der Waals surface area contributed by atoms with Gasteiger partial charge in [0.05, 0.1) is 24.5 Å². The summed E-state index contributed by atoms with van der Waals surface area (Å²) < 4.78 is 10.7. The SMILES string of the molecule is COc1ccccc1-c1ncc(CN2C[C@@H](Cc3cc(C)no3)[C@H](O)C2)cn1. The van der Waals surface area contributed by atoms with Gasteiger partial charge in [0.2, 0.25) is 0 Å². The molecule has 2 aromatic heterocycles. The Morgan fingerprint density at radius 3 is 2.71 bits per heavy atom. The third kappa shape index (κ3) is 4.05. The zero-order valence-electron chi connectivity index (χ0n) is 16.1. The van der Waals surface area contributed by atoms with Gasteiger partial charge in [0.25, 0.3) is 0 Å². The number of aryl methyl sites for hydroxylation is 1. The first-order valence-electron chi connectivity index (χ1n) is 9.39. The predicted molar refractivity (Wildman–Crippen MR) is 104 cm³/mol. The first-order valence-corrected chi connectivity index (χ1v) is 9.39. The normalized spacial score (nSPS) is 19.8. The molecular formula is C21H24N4O3. The number of aromatic nitrogens is 3. The van der Waals surface area contributed by atoms with Crippen LogP contribution in [0.3, 0.4) is 0 Å². The second kappa shape index (κ2) is 8.08. The Bertz CT molecular complexity index is 925. The third-order valence-corrected chi connectivity index (χ3v) is 5.08. The molecule has 0 spiro atoms. The van der Waals surface area contributed by atoms with Crippen LogP contribution in [0.5, 0.6) is 5.75 Å². The van der Waals surface area contributed by atoms with Crippen LogP contribution < -0.4 is 4.74 Å². The molecule has 28 heavy (non-hydrogen) atoms. The molecule has 7 heteroatoms. The second-order valence-electron chi connectivity index (χ2n) is 7.28. The van der Waals surface area contributed by atoms with Crippen LogP contribution in [0.1, 0.15) is 17.0 Å². The standard InChI is InChI=1S/C21H24N4O3/c1-14-7-17(28-24-14)8-16-12-25(13-19(16)26)11-15-9-22-21(23-10-15)18-5-3-4-6-20(18)27-2/h3-7,9-10,16,19,26H,8,11-13H2,1-2H3/t16-,19-/m1/s1. The van der Waals surface area contributed by atoms with Gasteiger partial charge in [-0.2, -0.15) is 0 Å². The van der Waals surface area contributed by atoms with Crippen LogP contribution in [-0.4, -0.2) is 51.4 Å². The van der Waals surface area contributed by atoms with Gasteiger partial charge in [-0.05, 0) is 19.1 Å². The summed E-state index contributed by atoms with van der Waals surface area (Å²) in [5, 5.41) is 14.3. The van der Waals surface area contributed by atoms with Gasteiger partial charge < -0.3 is 14.4 Å². The van der Waals surface area contributed by atoms with E-state index in [1.165, 1.54) is 0 Å². The maximum Gasteiger partial charge on any atom is 0.162 e. The molecule has 1 fully saturated rings. The van der Waals surface area contributed by atoms with Gasteiger partial charge >= 0.3 is 0 Å². The van der Waals surface area contributed by atoms with E-state index in [1.807, 2.05) is 49.6 Å². The van der Waals surface area contributed by atoms with Gasteiger partial charge in [0.1, 0.15) is 11.5 Å². The molecular weight excluding hydrogens is 356 g/mol. The quantitative estimate of drug-likeness (QED) is 0.703. The summed E-state index contributed by atoms with van der Waals surface area (Å²) in [4.78, 5) is 11.2. The fourth-order valence-electron chi connectivity index (χ4n) is 3.71. The highest BCUT2D eigenvalue weighted by Crippen LogP contribution is 2.27. The number of methoxy groups -OCH3 is 1. The third-order valence-electron chi connectivity index (χ3n) is 5.08. The number of para-hydroxylation sites is 1. The van der Waals surface area contributed by atoms with Crippen molar-refractivity contribution in [1.29, 1.82) is 0 Å². The molecule has 1 aliphatic rings. The summed E-state index contributed by atoms with van der Waals surface area (Å²) in [5.41, 5.74) is 2.75. The Morgan fingerprint density at radius 2 is 2.00 bits per heavy atom. The molecule has 4 rings (SSSR count). The van der Waals surface area contributed by atoms with Crippen molar-refractivity contribution in [2.24, 2.45) is 5.92 Å². The monoisotopic (exact) mass is 380 g/mol. The molecule has 0 amide bonds. The fourth-order valence-corrected chi connectivity index (χ4v) is 3.71. The zero-order chi connectivity index (χ0) is 19.5. The largest absolute Gasteiger partial charge is 0.496 e. The van der Waals surface area contributed by atoms with Gasteiger partial charge in [-0.3, -0.25) is 4.90 Å². The number of likely N-dealkylation sites (tertiary alicyclic amines) is 1. The maximum atomic E-state index is 10.4.